The van der Waals surface area contributed by atoms with Crippen LogP contribution in [0.2, 0.25) is 5.02 Å². The van der Waals surface area contributed by atoms with Crippen molar-refractivity contribution in [2.75, 3.05) is 17.2 Å². The number of carbonyl (C=O) groups is 1. The Labute approximate surface area is 139 Å². The Morgan fingerprint density at radius 1 is 1.14 bits per heavy atom. The van der Waals surface area contributed by atoms with Gasteiger partial charge in [0, 0.05) is 16.4 Å². The molecule has 4 nitrogen and oxygen atoms in total. The number of esters is 1. The average molecular weight is 335 g/mol. The van der Waals surface area contributed by atoms with Crippen molar-refractivity contribution in [3.63, 3.8) is 0 Å². The van der Waals surface area contributed by atoms with E-state index < -0.39 is 0 Å². The fraction of sp³-hybridized carbons (Fsp3) is 0.125. The van der Waals surface area contributed by atoms with E-state index in [4.69, 9.17) is 28.6 Å². The molecule has 0 aliphatic heterocycles. The van der Waals surface area contributed by atoms with Gasteiger partial charge < -0.3 is 15.4 Å². The van der Waals surface area contributed by atoms with Crippen LogP contribution in [0.25, 0.3) is 0 Å². The zero-order chi connectivity index (χ0) is 15.9. The van der Waals surface area contributed by atoms with Crippen LogP contribution in [0, 0.1) is 0 Å². The van der Waals surface area contributed by atoms with Crippen molar-refractivity contribution in [3.05, 3.63) is 59.1 Å². The average Bonchev–Trinajstić information content (AvgIpc) is 2.47. The molecule has 0 amide bonds. The Bertz CT molecular complexity index is 691. The highest BCUT2D eigenvalue weighted by molar-refractivity contribution is 7.80. The second-order valence-corrected chi connectivity index (χ2v) is 5.24. The van der Waals surface area contributed by atoms with Gasteiger partial charge in [-0.25, -0.2) is 4.79 Å². The summed E-state index contributed by atoms with van der Waals surface area (Å²) in [7, 11) is 0. The van der Waals surface area contributed by atoms with Crippen molar-refractivity contribution < 1.29 is 9.53 Å². The summed E-state index contributed by atoms with van der Waals surface area (Å²) in [5.74, 6) is -0.361. The summed E-state index contributed by atoms with van der Waals surface area (Å²) < 4.78 is 4.97. The van der Waals surface area contributed by atoms with Gasteiger partial charge in [0.1, 0.15) is 0 Å². The van der Waals surface area contributed by atoms with Crippen LogP contribution in [0.4, 0.5) is 11.4 Å². The molecule has 0 aliphatic carbocycles. The van der Waals surface area contributed by atoms with Crippen LogP contribution >= 0.6 is 23.8 Å². The van der Waals surface area contributed by atoms with Gasteiger partial charge in [0.05, 0.1) is 12.2 Å². The van der Waals surface area contributed by atoms with Gasteiger partial charge in [-0.3, -0.25) is 0 Å². The summed E-state index contributed by atoms with van der Waals surface area (Å²) in [4.78, 5) is 11.7. The lowest BCUT2D eigenvalue weighted by Crippen LogP contribution is -2.19. The molecule has 0 heterocycles. The van der Waals surface area contributed by atoms with E-state index in [-0.39, 0.29) is 5.97 Å². The smallest absolute Gasteiger partial charge is 0.338 e. The molecule has 0 aromatic heterocycles. The van der Waals surface area contributed by atoms with Crippen molar-refractivity contribution in [2.45, 2.75) is 6.92 Å². The summed E-state index contributed by atoms with van der Waals surface area (Å²) in [6.45, 7) is 2.11. The minimum atomic E-state index is -0.361. The molecule has 0 unspecified atom stereocenters. The molecule has 0 bridgehead atoms. The highest BCUT2D eigenvalue weighted by atomic mass is 35.5. The van der Waals surface area contributed by atoms with Gasteiger partial charge in [0.15, 0.2) is 5.11 Å². The van der Waals surface area contributed by atoms with E-state index in [2.05, 4.69) is 10.6 Å². The summed E-state index contributed by atoms with van der Waals surface area (Å²) in [5, 5.41) is 7.07. The van der Waals surface area contributed by atoms with Crippen molar-refractivity contribution >= 4 is 46.3 Å². The summed E-state index contributed by atoms with van der Waals surface area (Å²) in [6.07, 6.45) is 0. The minimum Gasteiger partial charge on any atom is -0.462 e. The van der Waals surface area contributed by atoms with Gasteiger partial charge in [-0.1, -0.05) is 23.7 Å². The Hall–Kier alpha value is -2.11. The molecule has 0 saturated heterocycles. The number of ether oxygens (including phenoxy) is 1. The molecule has 2 N–H and O–H groups in total. The van der Waals surface area contributed by atoms with E-state index in [1.54, 1.807) is 37.3 Å². The van der Waals surface area contributed by atoms with Crippen LogP contribution < -0.4 is 10.6 Å². The lowest BCUT2D eigenvalue weighted by Gasteiger charge is -2.11. The number of benzene rings is 2. The molecule has 0 spiro atoms. The van der Waals surface area contributed by atoms with Gasteiger partial charge in [-0.15, -0.1) is 0 Å². The van der Waals surface area contributed by atoms with E-state index in [9.17, 15) is 4.79 Å². The molecule has 6 heteroatoms. The molecular weight excluding hydrogens is 320 g/mol. The first-order chi connectivity index (χ1) is 10.6. The number of halogens is 1. The standard InChI is InChI=1S/C16H15ClN2O2S/c1-2-21-15(20)11-5-3-7-13(9-11)18-16(22)19-14-8-4-6-12(17)10-14/h3-10H,2H2,1H3,(H2,18,19,22). The molecule has 0 fully saturated rings. The number of hydrogen-bond acceptors (Lipinski definition) is 3. The predicted octanol–water partition coefficient (Wildman–Crippen LogP) is 4.33. The van der Waals surface area contributed by atoms with Gasteiger partial charge in [0.2, 0.25) is 0 Å². The molecule has 0 aliphatic rings. The van der Waals surface area contributed by atoms with Gasteiger partial charge in [0.25, 0.3) is 0 Å². The molecule has 114 valence electrons. The van der Waals surface area contributed by atoms with E-state index in [0.717, 1.165) is 5.69 Å². The van der Waals surface area contributed by atoms with Crippen molar-refractivity contribution in [1.29, 1.82) is 0 Å². The fourth-order valence-electron chi connectivity index (χ4n) is 1.80. The molecular formula is C16H15ClN2O2S. The van der Waals surface area contributed by atoms with E-state index in [1.165, 1.54) is 0 Å². The predicted molar refractivity (Wildman–Crippen MR) is 93.7 cm³/mol. The molecule has 2 aromatic carbocycles. The maximum Gasteiger partial charge on any atom is 0.338 e. The van der Waals surface area contributed by atoms with Crippen molar-refractivity contribution in [1.82, 2.24) is 0 Å². The number of carbonyl (C=O) groups excluding carboxylic acids is 1. The number of anilines is 2. The van der Waals surface area contributed by atoms with Crippen LogP contribution in [0.5, 0.6) is 0 Å². The largest absolute Gasteiger partial charge is 0.462 e. The SMILES string of the molecule is CCOC(=O)c1cccc(NC(=S)Nc2cccc(Cl)c2)c1. The first-order valence-electron chi connectivity index (χ1n) is 6.69. The highest BCUT2D eigenvalue weighted by Crippen LogP contribution is 2.16. The first-order valence-corrected chi connectivity index (χ1v) is 7.48. The second-order valence-electron chi connectivity index (χ2n) is 4.39. The quantitative estimate of drug-likeness (QED) is 0.644. The Kier molecular flexibility index (Phi) is 5.75. The van der Waals surface area contributed by atoms with Crippen LogP contribution in [0.15, 0.2) is 48.5 Å². The van der Waals surface area contributed by atoms with E-state index >= 15 is 0 Å². The zero-order valence-electron chi connectivity index (χ0n) is 11.9. The topological polar surface area (TPSA) is 50.4 Å². The third-order valence-corrected chi connectivity index (χ3v) is 3.15. The van der Waals surface area contributed by atoms with Gasteiger partial charge in [-0.05, 0) is 55.5 Å². The maximum atomic E-state index is 11.7. The lowest BCUT2D eigenvalue weighted by molar-refractivity contribution is 0.0526. The third kappa shape index (κ3) is 4.72. The molecule has 0 atom stereocenters. The summed E-state index contributed by atoms with van der Waals surface area (Å²) >= 11 is 11.2. The van der Waals surface area contributed by atoms with Crippen molar-refractivity contribution in [3.8, 4) is 0 Å². The van der Waals surface area contributed by atoms with Crippen LogP contribution in [0.3, 0.4) is 0 Å². The van der Waals surface area contributed by atoms with E-state index in [1.807, 2.05) is 18.2 Å². The maximum absolute atomic E-state index is 11.7. The molecule has 0 radical (unpaired) electrons. The minimum absolute atomic E-state index is 0.339. The Morgan fingerprint density at radius 2 is 1.77 bits per heavy atom. The van der Waals surface area contributed by atoms with Gasteiger partial charge in [-0.2, -0.15) is 0 Å². The molecule has 0 saturated carbocycles. The monoisotopic (exact) mass is 334 g/mol. The number of thiocarbonyl (C=S) groups is 1. The Balaban J connectivity index is 2.02. The zero-order valence-corrected chi connectivity index (χ0v) is 13.5. The molecule has 2 rings (SSSR count). The van der Waals surface area contributed by atoms with Crippen LogP contribution in [-0.4, -0.2) is 17.7 Å². The molecule has 2 aromatic rings. The fourth-order valence-corrected chi connectivity index (χ4v) is 2.22. The summed E-state index contributed by atoms with van der Waals surface area (Å²) in [6, 6.07) is 14.2. The number of nitrogens with one attached hydrogen (secondary N) is 2. The molecule has 22 heavy (non-hydrogen) atoms. The number of rotatable bonds is 4. The van der Waals surface area contributed by atoms with Crippen LogP contribution in [-0.2, 0) is 4.74 Å². The van der Waals surface area contributed by atoms with Gasteiger partial charge >= 0.3 is 5.97 Å². The normalized spacial score (nSPS) is 9.91. The Morgan fingerprint density at radius 3 is 2.41 bits per heavy atom. The van der Waals surface area contributed by atoms with E-state index in [0.29, 0.717) is 28.0 Å². The second kappa shape index (κ2) is 7.77. The first kappa shape index (κ1) is 16.3. The lowest BCUT2D eigenvalue weighted by atomic mass is 10.2. The third-order valence-electron chi connectivity index (χ3n) is 2.71. The van der Waals surface area contributed by atoms with Crippen LogP contribution in [0.1, 0.15) is 17.3 Å². The number of hydrogen-bond donors (Lipinski definition) is 2. The summed E-state index contributed by atoms with van der Waals surface area (Å²) in [5.41, 5.74) is 1.95. The van der Waals surface area contributed by atoms with Crippen molar-refractivity contribution in [2.24, 2.45) is 0 Å². The highest BCUT2D eigenvalue weighted by Gasteiger charge is 2.07.